The summed E-state index contributed by atoms with van der Waals surface area (Å²) in [6.07, 6.45) is 3.61. The molecule has 0 bridgehead atoms. The molecule has 7 heteroatoms. The Bertz CT molecular complexity index is 882. The monoisotopic (exact) mass is 384 g/mol. The molecule has 2 aromatic heterocycles. The number of pyridine rings is 1. The molecule has 1 saturated heterocycles. The Labute approximate surface area is 165 Å². The van der Waals surface area contributed by atoms with Gasteiger partial charge in [0.15, 0.2) is 0 Å². The smallest absolute Gasteiger partial charge is 0.410 e. The van der Waals surface area contributed by atoms with Gasteiger partial charge in [-0.2, -0.15) is 0 Å². The predicted molar refractivity (Wildman–Crippen MR) is 105 cm³/mol. The minimum atomic E-state index is -0.565. The topological polar surface area (TPSA) is 75.9 Å². The number of amides is 2. The first-order valence-corrected chi connectivity index (χ1v) is 9.79. The Morgan fingerprint density at radius 2 is 1.82 bits per heavy atom. The van der Waals surface area contributed by atoms with Crippen LogP contribution in [-0.2, 0) is 15.1 Å². The molecule has 28 heavy (non-hydrogen) atoms. The second-order valence-corrected chi connectivity index (χ2v) is 9.45. The number of ether oxygens (including phenoxy) is 1. The van der Waals surface area contributed by atoms with E-state index >= 15 is 0 Å². The van der Waals surface area contributed by atoms with E-state index in [2.05, 4.69) is 10.3 Å². The lowest BCUT2D eigenvalue weighted by atomic mass is 10.0. The fraction of sp³-hybridized carbons (Fsp3) is 0.571. The van der Waals surface area contributed by atoms with Gasteiger partial charge >= 0.3 is 6.09 Å². The first kappa shape index (κ1) is 18.8. The standard InChI is InChI=1S/C21H28N4O3/c1-20(2,3)28-19(27)25-10-13-14(11-25)17(13)18(26)23-21(4,5)15-12-24-9-7-6-8-16(24)22-15/h6-9,12-14,17H,10-11H2,1-5H3,(H,23,26)/t13-,14+,17+. The van der Waals surface area contributed by atoms with Gasteiger partial charge in [0.1, 0.15) is 11.2 Å². The fourth-order valence-corrected chi connectivity index (χ4v) is 4.08. The quantitative estimate of drug-likeness (QED) is 0.883. The number of fused-ring (bicyclic) bond motifs is 2. The highest BCUT2D eigenvalue weighted by molar-refractivity contribution is 5.84. The molecule has 1 aliphatic carbocycles. The maximum atomic E-state index is 12.8. The number of nitrogens with zero attached hydrogens (tertiary/aromatic N) is 3. The molecular weight excluding hydrogens is 356 g/mol. The Kier molecular flexibility index (Phi) is 4.17. The molecule has 2 aromatic rings. The molecule has 1 N–H and O–H groups in total. The summed E-state index contributed by atoms with van der Waals surface area (Å²) in [7, 11) is 0. The summed E-state index contributed by atoms with van der Waals surface area (Å²) in [6.45, 7) is 10.7. The fourth-order valence-electron chi connectivity index (χ4n) is 4.08. The van der Waals surface area contributed by atoms with Crippen LogP contribution in [0.15, 0.2) is 30.6 Å². The van der Waals surface area contributed by atoms with Gasteiger partial charge in [0, 0.05) is 31.4 Å². The van der Waals surface area contributed by atoms with Crippen LogP contribution >= 0.6 is 0 Å². The van der Waals surface area contributed by atoms with E-state index in [0.717, 1.165) is 11.3 Å². The van der Waals surface area contributed by atoms with E-state index in [4.69, 9.17) is 4.74 Å². The van der Waals surface area contributed by atoms with E-state index in [0.29, 0.717) is 13.1 Å². The van der Waals surface area contributed by atoms with Gasteiger partial charge in [-0.25, -0.2) is 9.78 Å². The highest BCUT2D eigenvalue weighted by atomic mass is 16.6. The van der Waals surface area contributed by atoms with Crippen molar-refractivity contribution in [2.75, 3.05) is 13.1 Å². The number of carbonyl (C=O) groups is 2. The van der Waals surface area contributed by atoms with Gasteiger partial charge in [-0.05, 0) is 58.6 Å². The van der Waals surface area contributed by atoms with E-state index in [9.17, 15) is 9.59 Å². The lowest BCUT2D eigenvalue weighted by molar-refractivity contribution is -0.125. The van der Waals surface area contributed by atoms with Crippen molar-refractivity contribution in [2.45, 2.75) is 45.8 Å². The lowest BCUT2D eigenvalue weighted by Crippen LogP contribution is -2.44. The minimum Gasteiger partial charge on any atom is -0.444 e. The van der Waals surface area contributed by atoms with Crippen LogP contribution in [0.1, 0.15) is 40.3 Å². The van der Waals surface area contributed by atoms with E-state index in [1.54, 1.807) is 4.90 Å². The number of nitrogens with one attached hydrogen (secondary N) is 1. The Hall–Kier alpha value is -2.57. The summed E-state index contributed by atoms with van der Waals surface area (Å²) in [5, 5.41) is 3.16. The van der Waals surface area contributed by atoms with Crippen LogP contribution in [-0.4, -0.2) is 45.0 Å². The molecule has 2 amide bonds. The van der Waals surface area contributed by atoms with Gasteiger partial charge in [0.2, 0.25) is 5.91 Å². The molecular formula is C21H28N4O3. The summed E-state index contributed by atoms with van der Waals surface area (Å²) in [6, 6.07) is 5.84. The molecule has 3 atom stereocenters. The number of rotatable bonds is 3. The first-order chi connectivity index (χ1) is 13.0. The summed E-state index contributed by atoms with van der Waals surface area (Å²) >= 11 is 0. The summed E-state index contributed by atoms with van der Waals surface area (Å²) in [5.41, 5.74) is 0.619. The van der Waals surface area contributed by atoms with Crippen LogP contribution in [0.2, 0.25) is 0 Å². The molecule has 1 saturated carbocycles. The molecule has 7 nitrogen and oxygen atoms in total. The number of likely N-dealkylation sites (tertiary alicyclic amines) is 1. The van der Waals surface area contributed by atoms with E-state index < -0.39 is 11.1 Å². The third kappa shape index (κ3) is 3.45. The number of carbonyl (C=O) groups excluding carboxylic acids is 2. The molecule has 0 unspecified atom stereocenters. The highest BCUT2D eigenvalue weighted by Crippen LogP contribution is 2.52. The van der Waals surface area contributed by atoms with Crippen molar-refractivity contribution >= 4 is 17.6 Å². The second-order valence-electron chi connectivity index (χ2n) is 9.45. The molecule has 0 aromatic carbocycles. The van der Waals surface area contributed by atoms with Crippen LogP contribution in [0.4, 0.5) is 4.79 Å². The van der Waals surface area contributed by atoms with Crippen molar-refractivity contribution in [3.8, 4) is 0 Å². The molecule has 0 spiro atoms. The summed E-state index contributed by atoms with van der Waals surface area (Å²) < 4.78 is 7.38. The molecule has 150 valence electrons. The lowest BCUT2D eigenvalue weighted by Gasteiger charge is -2.27. The van der Waals surface area contributed by atoms with Gasteiger partial charge in [0.05, 0.1) is 11.2 Å². The zero-order valence-corrected chi connectivity index (χ0v) is 17.1. The number of imidazole rings is 1. The van der Waals surface area contributed by atoms with Gasteiger partial charge < -0.3 is 19.4 Å². The maximum absolute atomic E-state index is 12.8. The number of aromatic nitrogens is 2. The Morgan fingerprint density at radius 1 is 1.14 bits per heavy atom. The van der Waals surface area contributed by atoms with Gasteiger partial charge in [-0.3, -0.25) is 4.79 Å². The van der Waals surface area contributed by atoms with E-state index in [1.807, 2.05) is 69.6 Å². The molecule has 2 aliphatic rings. The maximum Gasteiger partial charge on any atom is 0.410 e. The molecule has 4 rings (SSSR count). The Balaban J connectivity index is 1.36. The molecule has 0 radical (unpaired) electrons. The first-order valence-electron chi connectivity index (χ1n) is 9.79. The third-order valence-corrected chi connectivity index (χ3v) is 5.59. The molecule has 3 heterocycles. The highest BCUT2D eigenvalue weighted by Gasteiger charge is 2.61. The zero-order valence-electron chi connectivity index (χ0n) is 17.1. The van der Waals surface area contributed by atoms with Crippen molar-refractivity contribution < 1.29 is 14.3 Å². The van der Waals surface area contributed by atoms with Gasteiger partial charge in [-0.1, -0.05) is 6.07 Å². The van der Waals surface area contributed by atoms with Crippen LogP contribution in [0.3, 0.4) is 0 Å². The molecule has 1 aliphatic heterocycles. The van der Waals surface area contributed by atoms with Gasteiger partial charge in [-0.15, -0.1) is 0 Å². The largest absolute Gasteiger partial charge is 0.444 e. The number of piperidine rings is 1. The molecule has 2 fully saturated rings. The van der Waals surface area contributed by atoms with Crippen molar-refractivity contribution in [1.82, 2.24) is 19.6 Å². The van der Waals surface area contributed by atoms with Crippen molar-refractivity contribution in [1.29, 1.82) is 0 Å². The normalized spacial score (nSPS) is 24.2. The number of hydrogen-bond acceptors (Lipinski definition) is 4. The summed E-state index contributed by atoms with van der Waals surface area (Å²) in [5.74, 6) is 0.463. The van der Waals surface area contributed by atoms with Crippen molar-refractivity contribution in [3.63, 3.8) is 0 Å². The van der Waals surface area contributed by atoms with Crippen molar-refractivity contribution in [2.24, 2.45) is 17.8 Å². The van der Waals surface area contributed by atoms with Crippen LogP contribution < -0.4 is 5.32 Å². The van der Waals surface area contributed by atoms with Crippen LogP contribution in [0.25, 0.3) is 5.65 Å². The Morgan fingerprint density at radius 3 is 2.43 bits per heavy atom. The summed E-state index contributed by atoms with van der Waals surface area (Å²) in [4.78, 5) is 31.4. The van der Waals surface area contributed by atoms with Crippen molar-refractivity contribution in [3.05, 3.63) is 36.3 Å². The minimum absolute atomic E-state index is 0.0324. The zero-order chi connectivity index (χ0) is 20.3. The average Bonchev–Trinajstić information content (AvgIpc) is 2.96. The second kappa shape index (κ2) is 6.22. The number of hydrogen-bond donors (Lipinski definition) is 1. The third-order valence-electron chi connectivity index (χ3n) is 5.59. The van der Waals surface area contributed by atoms with E-state index in [-0.39, 0.29) is 29.8 Å². The average molecular weight is 384 g/mol. The van der Waals surface area contributed by atoms with E-state index in [1.165, 1.54) is 0 Å². The van der Waals surface area contributed by atoms with Gasteiger partial charge in [0.25, 0.3) is 0 Å². The SMILES string of the molecule is CC(C)(C)OC(=O)N1C[C@@H]2[C@H](C1)[C@H]2C(=O)NC(C)(C)c1cn2ccccc2n1. The van der Waals surface area contributed by atoms with Crippen LogP contribution in [0, 0.1) is 17.8 Å². The van der Waals surface area contributed by atoms with Crippen LogP contribution in [0.5, 0.6) is 0 Å². The predicted octanol–water partition coefficient (Wildman–Crippen LogP) is 2.80.